The first-order chi connectivity index (χ1) is 17.4. The highest BCUT2D eigenvalue weighted by Crippen LogP contribution is 2.47. The predicted molar refractivity (Wildman–Crippen MR) is 141 cm³/mol. The number of aromatic nitrogens is 2. The molecule has 2 aliphatic heterocycles. The second kappa shape index (κ2) is 9.86. The van der Waals surface area contributed by atoms with Gasteiger partial charge in [0.1, 0.15) is 0 Å². The van der Waals surface area contributed by atoms with Crippen molar-refractivity contribution in [3.63, 3.8) is 0 Å². The molecule has 0 unspecified atom stereocenters. The first kappa shape index (κ1) is 24.6. The highest BCUT2D eigenvalue weighted by atomic mass is 31.2. The molecule has 196 valence electrons. The van der Waals surface area contributed by atoms with Crippen LogP contribution >= 0.6 is 7.60 Å². The van der Waals surface area contributed by atoms with Crippen LogP contribution in [0.1, 0.15) is 76.7 Å². The van der Waals surface area contributed by atoms with E-state index in [1.165, 1.54) is 57.8 Å². The molecular formula is C27H39N4O4P. The van der Waals surface area contributed by atoms with Gasteiger partial charge in [0, 0.05) is 30.7 Å². The van der Waals surface area contributed by atoms with Crippen LogP contribution < -0.4 is 10.9 Å². The number of hydrogen-bond acceptors (Lipinski definition) is 5. The van der Waals surface area contributed by atoms with E-state index in [2.05, 4.69) is 15.2 Å². The van der Waals surface area contributed by atoms with Crippen LogP contribution in [0.2, 0.25) is 0 Å². The Labute approximate surface area is 212 Å². The summed E-state index contributed by atoms with van der Waals surface area (Å²) in [6.45, 7) is 0.0125. The van der Waals surface area contributed by atoms with Gasteiger partial charge in [-0.25, -0.2) is 4.98 Å². The van der Waals surface area contributed by atoms with Crippen LogP contribution in [0.4, 0.5) is 5.82 Å². The number of nitrogens with zero attached hydrogens (tertiary/aromatic N) is 3. The summed E-state index contributed by atoms with van der Waals surface area (Å²) >= 11 is 0. The molecule has 2 aromatic rings. The summed E-state index contributed by atoms with van der Waals surface area (Å²) in [6.07, 6.45) is 13.7. The Morgan fingerprint density at radius 1 is 0.889 bits per heavy atom. The van der Waals surface area contributed by atoms with E-state index in [1.807, 2.05) is 28.8 Å². The predicted octanol–water partition coefficient (Wildman–Crippen LogP) is 4.51. The number of para-hydroxylation sites is 2. The summed E-state index contributed by atoms with van der Waals surface area (Å²) in [5.41, 5.74) is 1.42. The van der Waals surface area contributed by atoms with Crippen LogP contribution in [-0.4, -0.2) is 55.1 Å². The Hall–Kier alpha value is -1.73. The van der Waals surface area contributed by atoms with Crippen molar-refractivity contribution in [3.8, 4) is 0 Å². The largest absolute Gasteiger partial charge is 0.365 e. The van der Waals surface area contributed by atoms with Crippen LogP contribution in [0.3, 0.4) is 0 Å². The fourth-order valence-electron chi connectivity index (χ4n) is 8.09. The van der Waals surface area contributed by atoms with Crippen molar-refractivity contribution in [2.75, 3.05) is 18.0 Å². The van der Waals surface area contributed by atoms with Gasteiger partial charge in [-0.2, -0.15) is 0 Å². The quantitative estimate of drug-likeness (QED) is 0.487. The standard InChI is InChI=1S/C27H39N4O4P/c32-27-26(28-11-12-36(33,34)35)29-24-9-1-2-10-25(24)31(27)23-16-20-7-4-8-21(17-23)30(20)22-14-18-5-3-6-19(13-18)15-22/h1-2,9-10,18-23H,3-8,11-17H2,(H,28,29)(H2,33,34,35)/t18-,19-,20+,21+/m1/s1. The molecule has 3 N–H and O–H groups in total. The zero-order chi connectivity index (χ0) is 24.9. The molecule has 1 aromatic carbocycles. The van der Waals surface area contributed by atoms with E-state index in [1.54, 1.807) is 0 Å². The molecule has 9 heteroatoms. The van der Waals surface area contributed by atoms with Crippen molar-refractivity contribution in [2.45, 2.75) is 94.8 Å². The first-order valence-corrected chi connectivity index (χ1v) is 15.7. The van der Waals surface area contributed by atoms with Crippen LogP contribution in [0, 0.1) is 11.8 Å². The summed E-state index contributed by atoms with van der Waals surface area (Å²) in [7, 11) is -4.15. The van der Waals surface area contributed by atoms with E-state index in [0.29, 0.717) is 18.1 Å². The maximum Gasteiger partial charge on any atom is 0.327 e. The second-order valence-electron chi connectivity index (χ2n) is 11.8. The van der Waals surface area contributed by atoms with E-state index < -0.39 is 7.60 Å². The maximum absolute atomic E-state index is 13.7. The lowest BCUT2D eigenvalue weighted by Gasteiger charge is -2.55. The fraction of sp³-hybridized carbons (Fsp3) is 0.704. The minimum absolute atomic E-state index is 0.0125. The van der Waals surface area contributed by atoms with Gasteiger partial charge >= 0.3 is 7.60 Å². The van der Waals surface area contributed by atoms with Crippen LogP contribution in [0.25, 0.3) is 11.0 Å². The van der Waals surface area contributed by atoms with Gasteiger partial charge in [-0.15, -0.1) is 0 Å². The summed E-state index contributed by atoms with van der Waals surface area (Å²) < 4.78 is 13.3. The minimum atomic E-state index is -4.15. The highest BCUT2D eigenvalue weighted by molar-refractivity contribution is 7.51. The van der Waals surface area contributed by atoms with Gasteiger partial charge < -0.3 is 19.7 Å². The molecule has 2 saturated heterocycles. The lowest BCUT2D eigenvalue weighted by Crippen LogP contribution is -2.58. The molecule has 1 aromatic heterocycles. The van der Waals surface area contributed by atoms with E-state index >= 15 is 0 Å². The normalized spacial score (nSPS) is 32.9. The zero-order valence-corrected chi connectivity index (χ0v) is 21.9. The molecule has 2 saturated carbocycles. The molecule has 36 heavy (non-hydrogen) atoms. The molecule has 4 aliphatic rings. The summed E-state index contributed by atoms with van der Waals surface area (Å²) in [4.78, 5) is 39.6. The summed E-state index contributed by atoms with van der Waals surface area (Å²) in [6, 6.07) is 9.64. The van der Waals surface area contributed by atoms with Gasteiger partial charge in [-0.1, -0.05) is 37.8 Å². The molecule has 4 atom stereocenters. The monoisotopic (exact) mass is 514 g/mol. The smallest absolute Gasteiger partial charge is 0.327 e. The Bertz CT molecular complexity index is 1190. The van der Waals surface area contributed by atoms with Crippen molar-refractivity contribution >= 4 is 24.4 Å². The molecule has 6 rings (SSSR count). The van der Waals surface area contributed by atoms with Crippen LogP contribution in [0.15, 0.2) is 29.1 Å². The molecule has 3 heterocycles. The van der Waals surface area contributed by atoms with Gasteiger partial charge in [0.2, 0.25) is 0 Å². The van der Waals surface area contributed by atoms with Gasteiger partial charge in [-0.05, 0) is 68.9 Å². The van der Waals surface area contributed by atoms with Crippen molar-refractivity contribution in [2.24, 2.45) is 11.8 Å². The van der Waals surface area contributed by atoms with E-state index in [4.69, 9.17) is 0 Å². The molecule has 8 nitrogen and oxygen atoms in total. The third-order valence-corrected chi connectivity index (χ3v) is 10.2. The summed E-state index contributed by atoms with van der Waals surface area (Å²) in [5.74, 6) is 2.01. The lowest BCUT2D eigenvalue weighted by atomic mass is 9.68. The van der Waals surface area contributed by atoms with Gasteiger partial charge in [0.25, 0.3) is 5.56 Å². The molecule has 4 fully saturated rings. The van der Waals surface area contributed by atoms with E-state index in [9.17, 15) is 19.1 Å². The Morgan fingerprint density at radius 2 is 1.56 bits per heavy atom. The van der Waals surface area contributed by atoms with E-state index in [0.717, 1.165) is 35.7 Å². The Balaban J connectivity index is 1.29. The molecular weight excluding hydrogens is 475 g/mol. The molecule has 0 amide bonds. The van der Waals surface area contributed by atoms with Crippen LogP contribution in [0.5, 0.6) is 0 Å². The number of hydrogen-bond donors (Lipinski definition) is 3. The number of rotatable bonds is 6. The fourth-order valence-corrected chi connectivity index (χ4v) is 8.49. The zero-order valence-electron chi connectivity index (χ0n) is 21.0. The Kier molecular flexibility index (Phi) is 6.74. The number of fused-ring (bicyclic) bond motifs is 5. The van der Waals surface area contributed by atoms with Crippen LogP contribution in [-0.2, 0) is 4.57 Å². The van der Waals surface area contributed by atoms with Crippen molar-refractivity contribution in [3.05, 3.63) is 34.6 Å². The van der Waals surface area contributed by atoms with E-state index in [-0.39, 0.29) is 30.1 Å². The van der Waals surface area contributed by atoms with Gasteiger partial charge in [0.05, 0.1) is 17.2 Å². The average Bonchev–Trinajstić information content (AvgIpc) is 2.82. The lowest BCUT2D eigenvalue weighted by molar-refractivity contribution is -0.0485. The number of nitrogens with one attached hydrogen (secondary N) is 1. The minimum Gasteiger partial charge on any atom is -0.365 e. The highest BCUT2D eigenvalue weighted by Gasteiger charge is 2.45. The number of piperidine rings is 2. The number of benzene rings is 1. The molecule has 0 radical (unpaired) electrons. The third kappa shape index (κ3) is 4.90. The first-order valence-electron chi connectivity index (χ1n) is 13.9. The number of anilines is 1. The van der Waals surface area contributed by atoms with Crippen molar-refractivity contribution in [1.82, 2.24) is 14.5 Å². The van der Waals surface area contributed by atoms with Crippen molar-refractivity contribution in [1.29, 1.82) is 0 Å². The van der Waals surface area contributed by atoms with Crippen molar-refractivity contribution < 1.29 is 14.4 Å². The molecule has 2 aliphatic carbocycles. The Morgan fingerprint density at radius 3 is 2.25 bits per heavy atom. The molecule has 4 bridgehead atoms. The van der Waals surface area contributed by atoms with Gasteiger partial charge in [-0.3, -0.25) is 14.3 Å². The topological polar surface area (TPSA) is 108 Å². The van der Waals surface area contributed by atoms with Gasteiger partial charge in [0.15, 0.2) is 5.82 Å². The molecule has 0 spiro atoms. The maximum atomic E-state index is 13.7. The second-order valence-corrected chi connectivity index (χ2v) is 13.6. The summed E-state index contributed by atoms with van der Waals surface area (Å²) in [5, 5.41) is 2.93. The average molecular weight is 515 g/mol. The SMILES string of the molecule is O=c1c(NCCP(=O)(O)O)nc2ccccc2n1C1C[C@@H]2CCC[C@@H](C1)N2C1C[C@@H]2CCC[C@@H](C1)C2. The third-order valence-electron chi connectivity index (χ3n) is 9.39.